The molecule has 3 rings (SSSR count). The van der Waals surface area contributed by atoms with E-state index in [0.717, 1.165) is 17.9 Å². The zero-order valence-corrected chi connectivity index (χ0v) is 12.3. The smallest absolute Gasteiger partial charge is 0.0704 e. The van der Waals surface area contributed by atoms with Gasteiger partial charge in [-0.3, -0.25) is 4.98 Å². The third kappa shape index (κ3) is 2.71. The van der Waals surface area contributed by atoms with Gasteiger partial charge in [-0.05, 0) is 55.2 Å². The third-order valence-corrected chi connectivity index (χ3v) is 4.95. The average Bonchev–Trinajstić information content (AvgIpc) is 2.50. The van der Waals surface area contributed by atoms with Crippen molar-refractivity contribution >= 4 is 10.9 Å². The van der Waals surface area contributed by atoms with Gasteiger partial charge < -0.3 is 5.73 Å². The minimum Gasteiger partial charge on any atom is -0.327 e. The standard InChI is InChI=1S/C18H24N2/c1-2-13-7-8-17(19)15(11-13)12-14-9-10-20-18-6-4-3-5-16(14)18/h3-6,9-10,13,15,17H,2,7-8,11-12,19H2,1H3. The molecule has 2 nitrogen and oxygen atoms in total. The molecule has 3 atom stereocenters. The number of benzene rings is 1. The van der Waals surface area contributed by atoms with Crippen LogP contribution in [0.25, 0.3) is 10.9 Å². The van der Waals surface area contributed by atoms with Gasteiger partial charge >= 0.3 is 0 Å². The fourth-order valence-corrected chi connectivity index (χ4v) is 3.61. The van der Waals surface area contributed by atoms with Gasteiger partial charge in [-0.2, -0.15) is 0 Å². The Morgan fingerprint density at radius 2 is 2.05 bits per heavy atom. The van der Waals surface area contributed by atoms with Gasteiger partial charge in [0, 0.05) is 17.6 Å². The number of pyridine rings is 1. The van der Waals surface area contributed by atoms with Crippen LogP contribution < -0.4 is 5.73 Å². The molecule has 0 spiro atoms. The quantitative estimate of drug-likeness (QED) is 0.916. The van der Waals surface area contributed by atoms with Crippen LogP contribution in [0.15, 0.2) is 36.5 Å². The monoisotopic (exact) mass is 268 g/mol. The van der Waals surface area contributed by atoms with Crippen molar-refractivity contribution in [1.29, 1.82) is 0 Å². The molecule has 20 heavy (non-hydrogen) atoms. The molecular weight excluding hydrogens is 244 g/mol. The first-order valence-corrected chi connectivity index (χ1v) is 7.86. The third-order valence-electron chi connectivity index (χ3n) is 4.95. The summed E-state index contributed by atoms with van der Waals surface area (Å²) in [5, 5.41) is 1.29. The van der Waals surface area contributed by atoms with E-state index < -0.39 is 0 Å². The molecule has 0 aliphatic heterocycles. The molecule has 1 aliphatic rings. The molecule has 1 aromatic carbocycles. The van der Waals surface area contributed by atoms with Crippen molar-refractivity contribution in [3.05, 3.63) is 42.1 Å². The number of hydrogen-bond acceptors (Lipinski definition) is 2. The summed E-state index contributed by atoms with van der Waals surface area (Å²) in [7, 11) is 0. The van der Waals surface area contributed by atoms with Crippen LogP contribution >= 0.6 is 0 Å². The number of nitrogens with zero attached hydrogens (tertiary/aromatic N) is 1. The number of para-hydroxylation sites is 1. The number of aromatic nitrogens is 1. The van der Waals surface area contributed by atoms with Crippen LogP contribution in [-0.2, 0) is 6.42 Å². The molecule has 1 heterocycles. The van der Waals surface area contributed by atoms with Gasteiger partial charge in [0.2, 0.25) is 0 Å². The maximum Gasteiger partial charge on any atom is 0.0704 e. The first-order chi connectivity index (χ1) is 9.78. The summed E-state index contributed by atoms with van der Waals surface area (Å²) in [6.07, 6.45) is 8.11. The Hall–Kier alpha value is -1.41. The Bertz CT molecular complexity index is 573. The van der Waals surface area contributed by atoms with Crippen LogP contribution in [0.4, 0.5) is 0 Å². The SMILES string of the molecule is CCC1CCC(N)C(Cc2ccnc3ccccc23)C1. The average molecular weight is 268 g/mol. The number of hydrogen-bond donors (Lipinski definition) is 1. The molecule has 2 aromatic rings. The molecule has 0 amide bonds. The lowest BCUT2D eigenvalue weighted by Gasteiger charge is -2.34. The van der Waals surface area contributed by atoms with E-state index in [-0.39, 0.29) is 0 Å². The fraction of sp³-hybridized carbons (Fsp3) is 0.500. The molecule has 1 aliphatic carbocycles. The van der Waals surface area contributed by atoms with E-state index in [1.54, 1.807) is 0 Å². The molecule has 0 bridgehead atoms. The highest BCUT2D eigenvalue weighted by Crippen LogP contribution is 2.33. The predicted octanol–water partition coefficient (Wildman–Crippen LogP) is 3.93. The van der Waals surface area contributed by atoms with E-state index in [2.05, 4.69) is 42.2 Å². The summed E-state index contributed by atoms with van der Waals surface area (Å²) in [4.78, 5) is 4.45. The molecule has 1 saturated carbocycles. The minimum atomic E-state index is 0.365. The van der Waals surface area contributed by atoms with Crippen molar-refractivity contribution in [1.82, 2.24) is 4.98 Å². The highest BCUT2D eigenvalue weighted by atomic mass is 14.7. The molecule has 0 saturated heterocycles. The van der Waals surface area contributed by atoms with Crippen LogP contribution in [0.3, 0.4) is 0 Å². The van der Waals surface area contributed by atoms with Crippen LogP contribution in [0.5, 0.6) is 0 Å². The van der Waals surface area contributed by atoms with E-state index in [1.807, 2.05) is 6.20 Å². The zero-order chi connectivity index (χ0) is 13.9. The van der Waals surface area contributed by atoms with E-state index in [1.165, 1.54) is 36.6 Å². The Morgan fingerprint density at radius 3 is 2.90 bits per heavy atom. The van der Waals surface area contributed by atoms with Gasteiger partial charge in [0.25, 0.3) is 0 Å². The topological polar surface area (TPSA) is 38.9 Å². The molecule has 1 fully saturated rings. The van der Waals surface area contributed by atoms with Crippen LogP contribution in [0.2, 0.25) is 0 Å². The highest BCUT2D eigenvalue weighted by Gasteiger charge is 2.27. The Labute approximate surface area is 121 Å². The molecule has 2 heteroatoms. The van der Waals surface area contributed by atoms with Crippen molar-refractivity contribution in [2.24, 2.45) is 17.6 Å². The summed E-state index contributed by atoms with van der Waals surface area (Å²) in [6.45, 7) is 2.31. The van der Waals surface area contributed by atoms with Gasteiger partial charge in [-0.1, -0.05) is 31.5 Å². The summed E-state index contributed by atoms with van der Waals surface area (Å²) in [6, 6.07) is 11.0. The summed E-state index contributed by atoms with van der Waals surface area (Å²) < 4.78 is 0. The summed E-state index contributed by atoms with van der Waals surface area (Å²) >= 11 is 0. The maximum atomic E-state index is 6.37. The number of rotatable bonds is 3. The van der Waals surface area contributed by atoms with E-state index in [9.17, 15) is 0 Å². The van der Waals surface area contributed by atoms with Crippen molar-refractivity contribution < 1.29 is 0 Å². The second kappa shape index (κ2) is 5.92. The molecular formula is C18H24N2. The van der Waals surface area contributed by atoms with Crippen LogP contribution in [-0.4, -0.2) is 11.0 Å². The van der Waals surface area contributed by atoms with E-state index >= 15 is 0 Å². The first kappa shape index (κ1) is 13.6. The van der Waals surface area contributed by atoms with E-state index in [0.29, 0.717) is 12.0 Å². The minimum absolute atomic E-state index is 0.365. The summed E-state index contributed by atoms with van der Waals surface area (Å²) in [5.41, 5.74) is 8.88. The molecule has 3 unspecified atom stereocenters. The second-order valence-electron chi connectivity index (χ2n) is 6.20. The van der Waals surface area contributed by atoms with Crippen molar-refractivity contribution in [2.75, 3.05) is 0 Å². The van der Waals surface area contributed by atoms with E-state index in [4.69, 9.17) is 5.73 Å². The second-order valence-corrected chi connectivity index (χ2v) is 6.20. The van der Waals surface area contributed by atoms with Gasteiger partial charge in [-0.25, -0.2) is 0 Å². The highest BCUT2D eigenvalue weighted by molar-refractivity contribution is 5.81. The summed E-state index contributed by atoms with van der Waals surface area (Å²) in [5.74, 6) is 1.49. The number of nitrogens with two attached hydrogens (primary N) is 1. The molecule has 2 N–H and O–H groups in total. The molecule has 106 valence electrons. The largest absolute Gasteiger partial charge is 0.327 e. The van der Waals surface area contributed by atoms with Gasteiger partial charge in [0.1, 0.15) is 0 Å². The normalized spacial score (nSPS) is 26.8. The van der Waals surface area contributed by atoms with Crippen molar-refractivity contribution in [3.63, 3.8) is 0 Å². The molecule has 1 aromatic heterocycles. The maximum absolute atomic E-state index is 6.37. The Kier molecular flexibility index (Phi) is 4.02. The number of fused-ring (bicyclic) bond motifs is 1. The Balaban J connectivity index is 1.85. The fourth-order valence-electron chi connectivity index (χ4n) is 3.61. The van der Waals surface area contributed by atoms with Gasteiger partial charge in [-0.15, -0.1) is 0 Å². The lowest BCUT2D eigenvalue weighted by Crippen LogP contribution is -2.37. The first-order valence-electron chi connectivity index (χ1n) is 7.86. The van der Waals surface area contributed by atoms with Crippen LogP contribution in [0.1, 0.15) is 38.2 Å². The predicted molar refractivity (Wildman–Crippen MR) is 84.5 cm³/mol. The zero-order valence-electron chi connectivity index (χ0n) is 12.3. The van der Waals surface area contributed by atoms with Crippen molar-refractivity contribution in [2.45, 2.75) is 45.1 Å². The lowest BCUT2D eigenvalue weighted by molar-refractivity contribution is 0.227. The lowest BCUT2D eigenvalue weighted by atomic mass is 9.74. The van der Waals surface area contributed by atoms with Crippen LogP contribution in [0, 0.1) is 11.8 Å². The molecule has 0 radical (unpaired) electrons. The Morgan fingerprint density at radius 1 is 1.20 bits per heavy atom. The van der Waals surface area contributed by atoms with Gasteiger partial charge in [0.05, 0.1) is 5.52 Å². The van der Waals surface area contributed by atoms with Gasteiger partial charge in [0.15, 0.2) is 0 Å². The van der Waals surface area contributed by atoms with Crippen molar-refractivity contribution in [3.8, 4) is 0 Å².